The highest BCUT2D eigenvalue weighted by Gasteiger charge is 2.15. The third-order valence-corrected chi connectivity index (χ3v) is 3.59. The minimum absolute atomic E-state index is 0.473. The minimum Gasteiger partial charge on any atom is -0.493 e. The number of hydrogen-bond acceptors (Lipinski definition) is 5. The third kappa shape index (κ3) is 4.08. The van der Waals surface area contributed by atoms with E-state index in [4.69, 9.17) is 14.2 Å². The van der Waals surface area contributed by atoms with Gasteiger partial charge in [0.1, 0.15) is 0 Å². The lowest BCUT2D eigenvalue weighted by Gasteiger charge is -2.13. The molecule has 1 fully saturated rings. The zero-order chi connectivity index (χ0) is 14.2. The van der Waals surface area contributed by atoms with E-state index in [0.29, 0.717) is 24.1 Å². The van der Waals surface area contributed by atoms with E-state index in [1.54, 1.807) is 26.5 Å². The third-order valence-electron chi connectivity index (χ3n) is 3.59. The molecule has 0 unspecified atom stereocenters. The van der Waals surface area contributed by atoms with Crippen molar-refractivity contribution >= 4 is 0 Å². The van der Waals surface area contributed by atoms with Gasteiger partial charge in [0.05, 0.1) is 32.6 Å². The van der Waals surface area contributed by atoms with Gasteiger partial charge in [-0.15, -0.1) is 0 Å². The second kappa shape index (κ2) is 8.07. The largest absolute Gasteiger partial charge is 0.493 e. The smallest absolute Gasteiger partial charge is 0.183 e. The van der Waals surface area contributed by atoms with Crippen molar-refractivity contribution < 1.29 is 14.2 Å². The molecule has 112 valence electrons. The molecule has 1 aromatic rings. The zero-order valence-corrected chi connectivity index (χ0v) is 12.4. The maximum absolute atomic E-state index is 5.80. The molecule has 0 bridgehead atoms. The molecular weight excluding hydrogens is 256 g/mol. The van der Waals surface area contributed by atoms with Crippen LogP contribution in [0, 0.1) is 0 Å². The lowest BCUT2D eigenvalue weighted by atomic mass is 10.3. The van der Waals surface area contributed by atoms with Crippen LogP contribution in [0.4, 0.5) is 0 Å². The zero-order valence-electron chi connectivity index (χ0n) is 12.4. The molecule has 2 rings (SSSR count). The van der Waals surface area contributed by atoms with E-state index < -0.39 is 0 Å². The molecule has 0 saturated heterocycles. The van der Waals surface area contributed by atoms with Crippen LogP contribution >= 0.6 is 0 Å². The van der Waals surface area contributed by atoms with E-state index in [9.17, 15) is 0 Å². The fourth-order valence-electron chi connectivity index (χ4n) is 2.54. The summed E-state index contributed by atoms with van der Waals surface area (Å²) in [5.74, 6) is 1.40. The molecule has 20 heavy (non-hydrogen) atoms. The van der Waals surface area contributed by atoms with Crippen LogP contribution in [0.2, 0.25) is 0 Å². The molecule has 0 atom stereocenters. The van der Waals surface area contributed by atoms with Crippen molar-refractivity contribution in [2.75, 3.05) is 27.4 Å². The van der Waals surface area contributed by atoms with E-state index in [-0.39, 0.29) is 0 Å². The molecule has 1 heterocycles. The molecule has 1 N–H and O–H groups in total. The average Bonchev–Trinajstić information content (AvgIpc) is 2.99. The fraction of sp³-hybridized carbons (Fsp3) is 0.667. The molecule has 0 aliphatic heterocycles. The van der Waals surface area contributed by atoms with Crippen LogP contribution in [0.3, 0.4) is 0 Å². The van der Waals surface area contributed by atoms with Crippen molar-refractivity contribution in [1.29, 1.82) is 0 Å². The summed E-state index contributed by atoms with van der Waals surface area (Å²) in [7, 11) is 3.26. The Labute approximate surface area is 120 Å². The summed E-state index contributed by atoms with van der Waals surface area (Å²) in [6.45, 7) is 2.21. The van der Waals surface area contributed by atoms with E-state index >= 15 is 0 Å². The van der Waals surface area contributed by atoms with Gasteiger partial charge < -0.3 is 19.5 Å². The predicted molar refractivity (Wildman–Crippen MR) is 77.3 cm³/mol. The Morgan fingerprint density at radius 3 is 2.75 bits per heavy atom. The molecule has 0 radical (unpaired) electrons. The van der Waals surface area contributed by atoms with Crippen LogP contribution < -0.4 is 14.8 Å². The highest BCUT2D eigenvalue weighted by atomic mass is 16.5. The van der Waals surface area contributed by atoms with Crippen molar-refractivity contribution in [3.63, 3.8) is 0 Å². The van der Waals surface area contributed by atoms with E-state index in [1.807, 2.05) is 0 Å². The van der Waals surface area contributed by atoms with Gasteiger partial charge >= 0.3 is 0 Å². The average molecular weight is 280 g/mol. The number of ether oxygens (including phenoxy) is 3. The van der Waals surface area contributed by atoms with Gasteiger partial charge in [-0.05, 0) is 12.8 Å². The minimum atomic E-state index is 0.473. The summed E-state index contributed by atoms with van der Waals surface area (Å²) in [6, 6.07) is 1.80. The number of aromatic nitrogens is 1. The summed E-state index contributed by atoms with van der Waals surface area (Å²) in [5, 5.41) is 3.33. The van der Waals surface area contributed by atoms with Gasteiger partial charge in [0.25, 0.3) is 0 Å². The Kier molecular flexibility index (Phi) is 6.08. The number of nitrogens with one attached hydrogen (secondary N) is 1. The summed E-state index contributed by atoms with van der Waals surface area (Å²) in [4.78, 5) is 4.32. The van der Waals surface area contributed by atoms with E-state index in [2.05, 4.69) is 10.3 Å². The van der Waals surface area contributed by atoms with Crippen LogP contribution in [0.1, 0.15) is 31.4 Å². The van der Waals surface area contributed by atoms with Crippen LogP contribution in [0.15, 0.2) is 12.3 Å². The molecule has 1 aliphatic rings. The monoisotopic (exact) mass is 280 g/mol. The molecular formula is C15H24N2O3. The van der Waals surface area contributed by atoms with Crippen molar-refractivity contribution in [3.8, 4) is 11.5 Å². The summed E-state index contributed by atoms with van der Waals surface area (Å²) >= 11 is 0. The van der Waals surface area contributed by atoms with Crippen LogP contribution in [-0.4, -0.2) is 38.5 Å². The first-order chi connectivity index (χ1) is 9.85. The molecule has 1 aliphatic carbocycles. The number of rotatable bonds is 8. The highest BCUT2D eigenvalue weighted by Crippen LogP contribution is 2.28. The van der Waals surface area contributed by atoms with E-state index in [0.717, 1.165) is 18.8 Å². The number of methoxy groups -OCH3 is 2. The lowest BCUT2D eigenvalue weighted by Crippen LogP contribution is -2.22. The first kappa shape index (κ1) is 15.1. The normalized spacial score (nSPS) is 15.5. The van der Waals surface area contributed by atoms with Crippen LogP contribution in [-0.2, 0) is 11.3 Å². The molecule has 1 aromatic heterocycles. The van der Waals surface area contributed by atoms with Crippen molar-refractivity contribution in [3.05, 3.63) is 18.0 Å². The van der Waals surface area contributed by atoms with Gasteiger partial charge in [-0.25, -0.2) is 0 Å². The lowest BCUT2D eigenvalue weighted by molar-refractivity contribution is 0.0602. The van der Waals surface area contributed by atoms with Gasteiger partial charge in [-0.3, -0.25) is 4.98 Å². The first-order valence-corrected chi connectivity index (χ1v) is 7.23. The molecule has 5 nitrogen and oxygen atoms in total. The second-order valence-electron chi connectivity index (χ2n) is 4.95. The van der Waals surface area contributed by atoms with Crippen LogP contribution in [0.25, 0.3) is 0 Å². The summed E-state index contributed by atoms with van der Waals surface area (Å²) in [6.07, 6.45) is 7.25. The molecule has 1 saturated carbocycles. The van der Waals surface area contributed by atoms with Gasteiger partial charge in [-0.2, -0.15) is 0 Å². The first-order valence-electron chi connectivity index (χ1n) is 7.23. The second-order valence-corrected chi connectivity index (χ2v) is 4.95. The maximum atomic E-state index is 5.80. The van der Waals surface area contributed by atoms with Crippen molar-refractivity contribution in [1.82, 2.24) is 10.3 Å². The molecule has 0 aromatic carbocycles. The maximum Gasteiger partial charge on any atom is 0.183 e. The number of hydrogen-bond donors (Lipinski definition) is 1. The van der Waals surface area contributed by atoms with Gasteiger partial charge in [0, 0.05) is 25.4 Å². The van der Waals surface area contributed by atoms with Gasteiger partial charge in [0.2, 0.25) is 0 Å². The van der Waals surface area contributed by atoms with Gasteiger partial charge in [-0.1, -0.05) is 12.8 Å². The topological polar surface area (TPSA) is 52.6 Å². The van der Waals surface area contributed by atoms with E-state index in [1.165, 1.54) is 25.7 Å². The number of pyridine rings is 1. The van der Waals surface area contributed by atoms with Crippen molar-refractivity contribution in [2.45, 2.75) is 38.3 Å². The Morgan fingerprint density at radius 1 is 1.25 bits per heavy atom. The van der Waals surface area contributed by atoms with Crippen molar-refractivity contribution in [2.24, 2.45) is 0 Å². The Balaban J connectivity index is 1.73. The molecule has 0 amide bonds. The standard InChI is InChI=1S/C15H24N2O3/c1-18-14-7-8-17-13(15(14)19-2)11-16-9-10-20-12-5-3-4-6-12/h7-8,12,16H,3-6,9-11H2,1-2H3. The Hall–Kier alpha value is -1.33. The van der Waals surface area contributed by atoms with Gasteiger partial charge in [0.15, 0.2) is 11.5 Å². The highest BCUT2D eigenvalue weighted by molar-refractivity contribution is 5.42. The Bertz CT molecular complexity index is 406. The van der Waals surface area contributed by atoms with Crippen LogP contribution in [0.5, 0.6) is 11.5 Å². The Morgan fingerprint density at radius 2 is 2.05 bits per heavy atom. The number of nitrogens with zero attached hydrogens (tertiary/aromatic N) is 1. The summed E-state index contributed by atoms with van der Waals surface area (Å²) < 4.78 is 16.4. The predicted octanol–water partition coefficient (Wildman–Crippen LogP) is 2.15. The molecule has 0 spiro atoms. The molecule has 5 heteroatoms. The SMILES string of the molecule is COc1ccnc(CNCCOC2CCCC2)c1OC. The fourth-order valence-corrected chi connectivity index (χ4v) is 2.54. The summed E-state index contributed by atoms with van der Waals surface area (Å²) in [5.41, 5.74) is 0.854. The quantitative estimate of drug-likeness (QED) is 0.739.